The molecule has 0 aromatic rings. The molecule has 1 saturated heterocycles. The molecule has 0 aromatic carbocycles. The van der Waals surface area contributed by atoms with E-state index in [9.17, 15) is 20.4 Å². The predicted molar refractivity (Wildman–Crippen MR) is 108 cm³/mol. The summed E-state index contributed by atoms with van der Waals surface area (Å²) in [5.74, 6) is 2.96. The normalized spacial score (nSPS) is 44.5. The monoisotopic (exact) mass is 411 g/mol. The van der Waals surface area contributed by atoms with Crippen molar-refractivity contribution in [3.63, 3.8) is 0 Å². The summed E-state index contributed by atoms with van der Waals surface area (Å²) in [7, 11) is 0. The minimum Gasteiger partial charge on any atom is -0.394 e. The molecule has 5 fully saturated rings. The summed E-state index contributed by atoms with van der Waals surface area (Å²) in [4.78, 5) is 5.80. The van der Waals surface area contributed by atoms with Gasteiger partial charge in [-0.3, -0.25) is 4.99 Å². The summed E-state index contributed by atoms with van der Waals surface area (Å²) in [6, 6.07) is -0.774. The number of hydrogen-bond donors (Lipinski definition) is 5. The van der Waals surface area contributed by atoms with Crippen LogP contribution in [-0.2, 0) is 4.74 Å². The molecule has 4 bridgehead atoms. The van der Waals surface area contributed by atoms with Crippen LogP contribution in [-0.4, -0.2) is 88.5 Å². The third-order valence-electron chi connectivity index (χ3n) is 7.70. The lowest BCUT2D eigenvalue weighted by Crippen LogP contribution is -2.65. The highest BCUT2D eigenvalue weighted by molar-refractivity contribution is 5.78. The highest BCUT2D eigenvalue weighted by Crippen LogP contribution is 2.60. The Morgan fingerprint density at radius 3 is 2.24 bits per heavy atom. The molecule has 5 rings (SSSR count). The molecule has 6 N–H and O–H groups in total. The van der Waals surface area contributed by atoms with Crippen molar-refractivity contribution < 1.29 is 25.2 Å². The van der Waals surface area contributed by atoms with Crippen molar-refractivity contribution in [2.45, 2.75) is 69.3 Å². The number of ether oxygens (including phenoxy) is 1. The summed E-state index contributed by atoms with van der Waals surface area (Å²) < 4.78 is 6.06. The fraction of sp³-hybridized carbons (Fsp3) is 0.952. The van der Waals surface area contributed by atoms with E-state index in [-0.39, 0.29) is 19.1 Å². The lowest BCUT2D eigenvalue weighted by Gasteiger charge is -2.56. The molecule has 4 unspecified atom stereocenters. The lowest BCUT2D eigenvalue weighted by atomic mass is 9.50. The van der Waals surface area contributed by atoms with Crippen molar-refractivity contribution in [3.05, 3.63) is 0 Å². The summed E-state index contributed by atoms with van der Waals surface area (Å²) in [5.41, 5.74) is 6.44. The van der Waals surface area contributed by atoms with Gasteiger partial charge in [0, 0.05) is 19.7 Å². The highest BCUT2D eigenvalue weighted by atomic mass is 16.5. The smallest absolute Gasteiger partial charge is 0.191 e. The molecule has 0 radical (unpaired) electrons. The van der Waals surface area contributed by atoms with Gasteiger partial charge in [-0.1, -0.05) is 0 Å². The minimum absolute atomic E-state index is 0.0291. The predicted octanol–water partition coefficient (Wildman–Crippen LogP) is -0.317. The van der Waals surface area contributed by atoms with E-state index in [1.54, 1.807) is 0 Å². The second-order valence-electron chi connectivity index (χ2n) is 10.0. The SMILES string of the molecule is NC(=NCCCOCC12CC3CC(CC(C3)C1)C2)N1CC(O)C(O)C(O)C1CO. The number of aliphatic hydroxyl groups excluding tert-OH is 4. The Hall–Kier alpha value is -0.930. The third kappa shape index (κ3) is 4.42. The van der Waals surface area contributed by atoms with E-state index in [1.807, 2.05) is 0 Å². The van der Waals surface area contributed by atoms with Gasteiger partial charge in [-0.2, -0.15) is 0 Å². The Kier molecular flexibility index (Phi) is 6.37. The molecule has 4 atom stereocenters. The molecular formula is C21H37N3O5. The Balaban J connectivity index is 1.20. The number of aliphatic imine (C=N–C) groups is 1. The van der Waals surface area contributed by atoms with E-state index in [0.717, 1.165) is 30.8 Å². The van der Waals surface area contributed by atoms with E-state index >= 15 is 0 Å². The van der Waals surface area contributed by atoms with Crippen LogP contribution in [0.4, 0.5) is 0 Å². The average Bonchev–Trinajstić information content (AvgIpc) is 2.67. The lowest BCUT2D eigenvalue weighted by molar-refractivity contribution is -0.128. The summed E-state index contributed by atoms with van der Waals surface area (Å²) in [6.45, 7) is 1.64. The molecule has 4 saturated carbocycles. The van der Waals surface area contributed by atoms with Crippen LogP contribution in [0.25, 0.3) is 0 Å². The van der Waals surface area contributed by atoms with Crippen LogP contribution in [0.5, 0.6) is 0 Å². The zero-order chi connectivity index (χ0) is 20.6. The fourth-order valence-electron chi connectivity index (χ4n) is 6.76. The van der Waals surface area contributed by atoms with Gasteiger partial charge in [-0.15, -0.1) is 0 Å². The van der Waals surface area contributed by atoms with Crippen LogP contribution < -0.4 is 5.73 Å². The van der Waals surface area contributed by atoms with Gasteiger partial charge in [-0.05, 0) is 68.1 Å². The van der Waals surface area contributed by atoms with Gasteiger partial charge in [0.2, 0.25) is 0 Å². The quantitative estimate of drug-likeness (QED) is 0.220. The Bertz CT molecular complexity index is 566. The van der Waals surface area contributed by atoms with E-state index < -0.39 is 24.4 Å². The van der Waals surface area contributed by atoms with Crippen molar-refractivity contribution in [3.8, 4) is 0 Å². The van der Waals surface area contributed by atoms with Crippen LogP contribution in [0.3, 0.4) is 0 Å². The first-order valence-electron chi connectivity index (χ1n) is 11.2. The number of nitrogens with zero attached hydrogens (tertiary/aromatic N) is 2. The molecule has 8 nitrogen and oxygen atoms in total. The number of piperidine rings is 1. The van der Waals surface area contributed by atoms with Crippen LogP contribution in [0.2, 0.25) is 0 Å². The van der Waals surface area contributed by atoms with Crippen molar-refractivity contribution in [2.75, 3.05) is 32.9 Å². The van der Waals surface area contributed by atoms with Gasteiger partial charge in [0.25, 0.3) is 0 Å². The van der Waals surface area contributed by atoms with Crippen molar-refractivity contribution in [2.24, 2.45) is 33.9 Å². The van der Waals surface area contributed by atoms with Crippen molar-refractivity contribution in [1.82, 2.24) is 4.90 Å². The second kappa shape index (κ2) is 8.67. The molecule has 5 aliphatic rings. The standard InChI is InChI=1S/C21H37N3O5/c22-20(24-10-17(26)19(28)18(27)16(24)11-25)23-2-1-3-29-12-21-7-13-4-14(8-21)6-15(5-13)9-21/h13-19,25-28H,1-12H2,(H2,22,23). The topological polar surface area (TPSA) is 132 Å². The van der Waals surface area contributed by atoms with Gasteiger partial charge < -0.3 is 35.8 Å². The van der Waals surface area contributed by atoms with Gasteiger partial charge in [0.1, 0.15) is 18.3 Å². The first-order chi connectivity index (χ1) is 13.9. The molecule has 0 amide bonds. The van der Waals surface area contributed by atoms with Gasteiger partial charge in [0.05, 0.1) is 19.3 Å². The molecule has 0 spiro atoms. The number of nitrogens with two attached hydrogens (primary N) is 1. The molecule has 166 valence electrons. The molecule has 0 aromatic heterocycles. The fourth-order valence-corrected chi connectivity index (χ4v) is 6.76. The highest BCUT2D eigenvalue weighted by Gasteiger charge is 2.50. The number of hydrogen-bond acceptors (Lipinski definition) is 6. The van der Waals surface area contributed by atoms with E-state index in [1.165, 1.54) is 43.4 Å². The third-order valence-corrected chi connectivity index (χ3v) is 7.70. The van der Waals surface area contributed by atoms with Crippen LogP contribution in [0, 0.1) is 23.2 Å². The van der Waals surface area contributed by atoms with E-state index in [2.05, 4.69) is 4.99 Å². The maximum absolute atomic E-state index is 10.0. The number of rotatable bonds is 7. The van der Waals surface area contributed by atoms with E-state index in [4.69, 9.17) is 10.5 Å². The van der Waals surface area contributed by atoms with Gasteiger partial charge >= 0.3 is 0 Å². The molecule has 8 heteroatoms. The Morgan fingerprint density at radius 2 is 1.66 bits per heavy atom. The van der Waals surface area contributed by atoms with E-state index in [0.29, 0.717) is 18.6 Å². The average molecular weight is 412 g/mol. The first kappa shape index (κ1) is 21.3. The largest absolute Gasteiger partial charge is 0.394 e. The van der Waals surface area contributed by atoms with Gasteiger partial charge in [0.15, 0.2) is 5.96 Å². The van der Waals surface area contributed by atoms with Crippen LogP contribution in [0.1, 0.15) is 44.9 Å². The number of guanidine groups is 1. The minimum atomic E-state index is -1.30. The van der Waals surface area contributed by atoms with Crippen molar-refractivity contribution in [1.29, 1.82) is 0 Å². The summed E-state index contributed by atoms with van der Waals surface area (Å²) in [6.07, 6.45) is 5.41. The van der Waals surface area contributed by atoms with Gasteiger partial charge in [-0.25, -0.2) is 0 Å². The number of likely N-dealkylation sites (tertiary alicyclic amines) is 1. The Morgan fingerprint density at radius 1 is 1.03 bits per heavy atom. The molecular weight excluding hydrogens is 374 g/mol. The Labute approximate surface area is 172 Å². The molecule has 1 heterocycles. The van der Waals surface area contributed by atoms with Crippen LogP contribution >= 0.6 is 0 Å². The first-order valence-corrected chi connectivity index (χ1v) is 11.2. The summed E-state index contributed by atoms with van der Waals surface area (Å²) >= 11 is 0. The summed E-state index contributed by atoms with van der Waals surface area (Å²) in [5, 5.41) is 39.2. The zero-order valence-electron chi connectivity index (χ0n) is 17.2. The number of aliphatic hydroxyl groups is 4. The molecule has 4 aliphatic carbocycles. The maximum atomic E-state index is 10.0. The molecule has 29 heavy (non-hydrogen) atoms. The maximum Gasteiger partial charge on any atom is 0.191 e. The number of β-amino-alcohol motifs (C(OH)–C–C–N with tert-alkyl or cyclic N) is 1. The zero-order valence-corrected chi connectivity index (χ0v) is 17.2. The van der Waals surface area contributed by atoms with Crippen LogP contribution in [0.15, 0.2) is 4.99 Å². The second-order valence-corrected chi connectivity index (χ2v) is 10.0. The van der Waals surface area contributed by atoms with Crippen molar-refractivity contribution >= 4 is 5.96 Å². The molecule has 1 aliphatic heterocycles.